The van der Waals surface area contributed by atoms with Gasteiger partial charge in [-0.2, -0.15) is 0 Å². The number of rotatable bonds is 4. The summed E-state index contributed by atoms with van der Waals surface area (Å²) in [5.41, 5.74) is 8.87. The number of hydrogen-bond donors (Lipinski definition) is 3. The summed E-state index contributed by atoms with van der Waals surface area (Å²) in [6, 6.07) is 7.65. The summed E-state index contributed by atoms with van der Waals surface area (Å²) in [6.07, 6.45) is 1.58. The van der Waals surface area contributed by atoms with Crippen molar-refractivity contribution in [1.82, 2.24) is 5.43 Å². The number of anilines is 1. The molecular formula is C10H15N6O2+. The zero-order valence-corrected chi connectivity index (χ0v) is 10.1. The van der Waals surface area contributed by atoms with E-state index in [0.29, 0.717) is 0 Å². The number of nitro groups is 1. The van der Waals surface area contributed by atoms with Gasteiger partial charge in [-0.15, -0.1) is 5.10 Å². The van der Waals surface area contributed by atoms with Crippen molar-refractivity contribution in [2.75, 3.05) is 19.0 Å². The van der Waals surface area contributed by atoms with Crippen LogP contribution in [0.15, 0.2) is 29.4 Å². The Balaban J connectivity index is 2.64. The van der Waals surface area contributed by atoms with Gasteiger partial charge in [-0.3, -0.25) is 0 Å². The summed E-state index contributed by atoms with van der Waals surface area (Å²) in [5, 5.41) is 15.3. The van der Waals surface area contributed by atoms with Crippen molar-refractivity contribution in [3.05, 3.63) is 39.9 Å². The van der Waals surface area contributed by atoms with Crippen molar-refractivity contribution in [1.29, 1.82) is 0 Å². The van der Waals surface area contributed by atoms with E-state index in [1.165, 1.54) is 0 Å². The summed E-state index contributed by atoms with van der Waals surface area (Å²) in [4.78, 5) is 12.0. The fourth-order valence-electron chi connectivity index (χ4n) is 1.16. The molecule has 0 fully saturated rings. The van der Waals surface area contributed by atoms with E-state index in [0.717, 1.165) is 11.3 Å². The number of nitrogens with two attached hydrogens (primary N) is 1. The molecule has 1 aromatic carbocycles. The van der Waals surface area contributed by atoms with Crippen LogP contribution in [0, 0.1) is 10.1 Å². The van der Waals surface area contributed by atoms with Gasteiger partial charge in [0.05, 0.1) is 0 Å². The van der Waals surface area contributed by atoms with Gasteiger partial charge >= 0.3 is 5.96 Å². The Morgan fingerprint density at radius 2 is 2.11 bits per heavy atom. The van der Waals surface area contributed by atoms with Crippen LogP contribution in [0.5, 0.6) is 0 Å². The summed E-state index contributed by atoms with van der Waals surface area (Å²) in [7, 11) is 3.90. The molecule has 0 saturated heterocycles. The fourth-order valence-corrected chi connectivity index (χ4v) is 1.16. The van der Waals surface area contributed by atoms with Crippen molar-refractivity contribution in [3.8, 4) is 0 Å². The van der Waals surface area contributed by atoms with E-state index in [1.807, 2.05) is 43.3 Å². The summed E-state index contributed by atoms with van der Waals surface area (Å²) >= 11 is 0. The van der Waals surface area contributed by atoms with Crippen LogP contribution in [0.1, 0.15) is 5.56 Å². The second kappa shape index (κ2) is 6.18. The molecule has 0 heterocycles. The lowest BCUT2D eigenvalue weighted by Gasteiger charge is -2.11. The van der Waals surface area contributed by atoms with E-state index in [-0.39, 0.29) is 5.96 Å². The number of benzene rings is 1. The van der Waals surface area contributed by atoms with Crippen LogP contribution in [0.4, 0.5) is 5.69 Å². The first-order valence-electron chi connectivity index (χ1n) is 5.09. The van der Waals surface area contributed by atoms with E-state index in [9.17, 15) is 10.1 Å². The zero-order chi connectivity index (χ0) is 13.5. The summed E-state index contributed by atoms with van der Waals surface area (Å²) in [6.45, 7) is 0. The van der Waals surface area contributed by atoms with E-state index in [4.69, 9.17) is 5.73 Å². The highest BCUT2D eigenvalue weighted by Gasteiger charge is 2.00. The molecule has 0 aliphatic carbocycles. The van der Waals surface area contributed by atoms with Crippen LogP contribution in [-0.2, 0) is 0 Å². The number of nitrogens with one attached hydrogen (secondary N) is 2. The Morgan fingerprint density at radius 1 is 1.50 bits per heavy atom. The van der Waals surface area contributed by atoms with Gasteiger partial charge in [-0.05, 0) is 24.3 Å². The number of hydrazine groups is 1. The lowest BCUT2D eigenvalue weighted by molar-refractivity contribution is -0.528. The maximum atomic E-state index is 10.0. The van der Waals surface area contributed by atoms with Crippen LogP contribution < -0.4 is 21.2 Å². The molecule has 8 heteroatoms. The number of hydrogen-bond acceptors (Lipinski definition) is 4. The highest BCUT2D eigenvalue weighted by molar-refractivity contribution is 5.77. The van der Waals surface area contributed by atoms with Crippen molar-refractivity contribution in [2.24, 2.45) is 10.8 Å². The van der Waals surface area contributed by atoms with E-state index in [1.54, 1.807) is 11.6 Å². The Bertz CT molecular complexity index is 466. The average molecular weight is 251 g/mol. The molecule has 0 saturated carbocycles. The molecule has 96 valence electrons. The van der Waals surface area contributed by atoms with E-state index < -0.39 is 5.03 Å². The second-order valence-electron chi connectivity index (χ2n) is 3.63. The highest BCUT2D eigenvalue weighted by Crippen LogP contribution is 2.10. The predicted molar refractivity (Wildman–Crippen MR) is 68.7 cm³/mol. The molecule has 0 amide bonds. The topological polar surface area (TPSA) is 111 Å². The van der Waals surface area contributed by atoms with Gasteiger partial charge in [-0.1, -0.05) is 5.43 Å². The minimum absolute atomic E-state index is 0.318. The number of nitrogens with zero attached hydrogens (tertiary/aromatic N) is 3. The monoisotopic (exact) mass is 251 g/mol. The fraction of sp³-hybridized carbons (Fsp3) is 0.200. The Morgan fingerprint density at radius 3 is 2.61 bits per heavy atom. The molecule has 0 atom stereocenters. The average Bonchev–Trinajstić information content (AvgIpc) is 2.28. The van der Waals surface area contributed by atoms with Gasteiger partial charge in [0.15, 0.2) is 5.03 Å². The standard InChI is InChI=1S/C10H14N6O2/c1-15(2)9-5-3-8(4-6-9)7-12-13-10(11)14-16(17)18/h3-7H,1-2H3,(H3,11,13,14)/p+1/b12-7+. The van der Waals surface area contributed by atoms with Crippen LogP contribution in [0.3, 0.4) is 0 Å². The third-order valence-corrected chi connectivity index (χ3v) is 2.03. The molecule has 1 rings (SSSR count). The Labute approximate surface area is 104 Å². The first kappa shape index (κ1) is 13.4. The van der Waals surface area contributed by atoms with Gasteiger partial charge in [0.2, 0.25) is 6.21 Å². The van der Waals surface area contributed by atoms with Crippen LogP contribution in [-0.4, -0.2) is 31.3 Å². The summed E-state index contributed by atoms with van der Waals surface area (Å²) < 4.78 is 0. The van der Waals surface area contributed by atoms with Crippen molar-refractivity contribution in [3.63, 3.8) is 0 Å². The van der Waals surface area contributed by atoms with Crippen molar-refractivity contribution in [2.45, 2.75) is 0 Å². The third kappa shape index (κ3) is 4.47. The minimum atomic E-state index is -0.785. The SMILES string of the molecule is CN(C)c1ccc(/C=[NH+]/N=C(N)N[N+](=O)[O-])cc1. The molecule has 0 aliphatic rings. The van der Waals surface area contributed by atoms with Crippen molar-refractivity contribution >= 4 is 17.9 Å². The molecular weight excluding hydrogens is 236 g/mol. The summed E-state index contributed by atoms with van der Waals surface area (Å²) in [5.74, 6) is -0.318. The number of guanidine groups is 1. The Hall–Kier alpha value is -2.64. The molecule has 8 nitrogen and oxygen atoms in total. The van der Waals surface area contributed by atoms with Crippen molar-refractivity contribution < 1.29 is 10.1 Å². The first-order valence-corrected chi connectivity index (χ1v) is 5.09. The molecule has 0 unspecified atom stereocenters. The highest BCUT2D eigenvalue weighted by atomic mass is 16.7. The maximum Gasteiger partial charge on any atom is 0.319 e. The van der Waals surface area contributed by atoms with Crippen LogP contribution in [0.25, 0.3) is 0 Å². The predicted octanol–water partition coefficient (Wildman–Crippen LogP) is -1.74. The molecule has 0 radical (unpaired) electrons. The number of hydrazone groups is 1. The molecule has 0 bridgehead atoms. The molecule has 0 aromatic heterocycles. The lowest BCUT2D eigenvalue weighted by Crippen LogP contribution is -2.64. The lowest BCUT2D eigenvalue weighted by atomic mass is 10.2. The largest absolute Gasteiger partial charge is 0.378 e. The first-order chi connectivity index (χ1) is 8.49. The van der Waals surface area contributed by atoms with Gasteiger partial charge in [-0.25, -0.2) is 10.1 Å². The van der Waals surface area contributed by atoms with E-state index >= 15 is 0 Å². The third-order valence-electron chi connectivity index (χ3n) is 2.03. The minimum Gasteiger partial charge on any atom is -0.378 e. The smallest absolute Gasteiger partial charge is 0.319 e. The molecule has 0 spiro atoms. The zero-order valence-electron chi connectivity index (χ0n) is 10.1. The van der Waals surface area contributed by atoms with Gasteiger partial charge in [0.25, 0.3) is 0 Å². The molecule has 1 aromatic rings. The van der Waals surface area contributed by atoms with Crippen LogP contribution in [0.2, 0.25) is 0 Å². The maximum absolute atomic E-state index is 10.0. The molecule has 18 heavy (non-hydrogen) atoms. The van der Waals surface area contributed by atoms with Gasteiger partial charge in [0, 0.05) is 30.4 Å². The van der Waals surface area contributed by atoms with Gasteiger partial charge < -0.3 is 10.6 Å². The second-order valence-corrected chi connectivity index (χ2v) is 3.63. The van der Waals surface area contributed by atoms with Gasteiger partial charge in [0.1, 0.15) is 0 Å². The molecule has 4 N–H and O–H groups in total. The van der Waals surface area contributed by atoms with Crippen LogP contribution >= 0.6 is 0 Å². The Kier molecular flexibility index (Phi) is 4.61. The molecule has 0 aliphatic heterocycles. The quantitative estimate of drug-likeness (QED) is 0.255. The normalized spacial score (nSPS) is 11.6. The van der Waals surface area contributed by atoms with E-state index in [2.05, 4.69) is 10.2 Å².